The van der Waals surface area contributed by atoms with Gasteiger partial charge in [0, 0.05) is 22.5 Å². The first-order valence-corrected chi connectivity index (χ1v) is 10.6. The molecule has 0 fully saturated rings. The summed E-state index contributed by atoms with van der Waals surface area (Å²) in [6.45, 7) is 3.81. The van der Waals surface area contributed by atoms with Gasteiger partial charge in [0.2, 0.25) is 0 Å². The highest BCUT2D eigenvalue weighted by atomic mass is 35.5. The molecule has 0 unspecified atom stereocenters. The van der Waals surface area contributed by atoms with Gasteiger partial charge < -0.3 is 20.4 Å². The Bertz CT molecular complexity index is 1300. The maximum Gasteiger partial charge on any atom is 0.313 e. The lowest BCUT2D eigenvalue weighted by molar-refractivity contribution is -0.136. The fourth-order valence-corrected chi connectivity index (χ4v) is 2.97. The zero-order chi connectivity index (χ0) is 24.7. The summed E-state index contributed by atoms with van der Waals surface area (Å²) in [5.74, 6) is -1.66. The largest absolute Gasteiger partial charge is 0.460 e. The first-order chi connectivity index (χ1) is 16.2. The molecule has 8 nitrogen and oxygen atoms in total. The SMILES string of the molecule is Cc1ccc(NC(=O)C(=O)NCc2ccc(/C=C(/C#N)C(=O)Nc3ccc(Cl)cc3)o2)cc1C. The molecule has 0 saturated carbocycles. The summed E-state index contributed by atoms with van der Waals surface area (Å²) in [5.41, 5.74) is 2.90. The molecule has 172 valence electrons. The molecule has 3 aromatic rings. The normalized spacial score (nSPS) is 10.8. The molecule has 0 bridgehead atoms. The van der Waals surface area contributed by atoms with Crippen LogP contribution in [0.15, 0.2) is 64.6 Å². The van der Waals surface area contributed by atoms with Crippen molar-refractivity contribution in [3.8, 4) is 6.07 Å². The number of nitrogens with zero attached hydrogens (tertiary/aromatic N) is 1. The second-order valence-electron chi connectivity index (χ2n) is 7.37. The van der Waals surface area contributed by atoms with E-state index in [0.717, 1.165) is 11.1 Å². The number of hydrogen-bond donors (Lipinski definition) is 3. The second kappa shape index (κ2) is 11.0. The van der Waals surface area contributed by atoms with Gasteiger partial charge in [-0.3, -0.25) is 14.4 Å². The van der Waals surface area contributed by atoms with E-state index in [9.17, 15) is 19.6 Å². The fraction of sp³-hybridized carbons (Fsp3) is 0.120. The van der Waals surface area contributed by atoms with Crippen molar-refractivity contribution in [3.63, 3.8) is 0 Å². The van der Waals surface area contributed by atoms with E-state index < -0.39 is 17.7 Å². The fourth-order valence-electron chi connectivity index (χ4n) is 2.84. The number of hydrogen-bond acceptors (Lipinski definition) is 5. The van der Waals surface area contributed by atoms with Gasteiger partial charge in [-0.15, -0.1) is 0 Å². The quantitative estimate of drug-likeness (QED) is 0.277. The number of carbonyl (C=O) groups excluding carboxylic acids is 3. The highest BCUT2D eigenvalue weighted by molar-refractivity contribution is 6.39. The second-order valence-corrected chi connectivity index (χ2v) is 7.81. The minimum Gasteiger partial charge on any atom is -0.460 e. The summed E-state index contributed by atoms with van der Waals surface area (Å²) in [7, 11) is 0. The molecule has 3 N–H and O–H groups in total. The van der Waals surface area contributed by atoms with E-state index in [1.807, 2.05) is 26.0 Å². The van der Waals surface area contributed by atoms with Crippen LogP contribution in [-0.4, -0.2) is 17.7 Å². The Hall–Kier alpha value is -4.35. The number of aryl methyl sites for hydroxylation is 2. The summed E-state index contributed by atoms with van der Waals surface area (Å²) in [6, 6.07) is 16.7. The van der Waals surface area contributed by atoms with Gasteiger partial charge in [-0.2, -0.15) is 5.26 Å². The summed E-state index contributed by atoms with van der Waals surface area (Å²) < 4.78 is 5.54. The summed E-state index contributed by atoms with van der Waals surface area (Å²) >= 11 is 5.82. The van der Waals surface area contributed by atoms with Crippen molar-refractivity contribution in [3.05, 3.63) is 87.8 Å². The maximum absolute atomic E-state index is 12.3. The number of amides is 3. The highest BCUT2D eigenvalue weighted by Gasteiger charge is 2.15. The molecule has 0 aliphatic heterocycles. The van der Waals surface area contributed by atoms with Crippen LogP contribution in [0.5, 0.6) is 0 Å². The molecule has 0 aliphatic rings. The molecule has 0 aliphatic carbocycles. The molecule has 2 aromatic carbocycles. The van der Waals surface area contributed by atoms with Crippen LogP contribution in [0, 0.1) is 25.2 Å². The molecule has 9 heteroatoms. The van der Waals surface area contributed by atoms with Crippen molar-refractivity contribution in [1.29, 1.82) is 5.26 Å². The Kier molecular flexibility index (Phi) is 7.85. The lowest BCUT2D eigenvalue weighted by Gasteiger charge is -2.07. The summed E-state index contributed by atoms with van der Waals surface area (Å²) in [6.07, 6.45) is 1.28. The molecule has 3 amide bonds. The van der Waals surface area contributed by atoms with E-state index >= 15 is 0 Å². The Morgan fingerprint density at radius 1 is 0.912 bits per heavy atom. The molecular weight excluding hydrogens is 456 g/mol. The summed E-state index contributed by atoms with van der Waals surface area (Å²) in [4.78, 5) is 36.6. The van der Waals surface area contributed by atoms with Crippen molar-refractivity contribution in [2.24, 2.45) is 0 Å². The lowest BCUT2D eigenvalue weighted by Crippen LogP contribution is -2.34. The van der Waals surface area contributed by atoms with E-state index in [0.29, 0.717) is 22.2 Å². The zero-order valence-corrected chi connectivity index (χ0v) is 19.2. The highest BCUT2D eigenvalue weighted by Crippen LogP contribution is 2.17. The number of benzene rings is 2. The molecule has 1 heterocycles. The van der Waals surface area contributed by atoms with Gasteiger partial charge in [0.1, 0.15) is 23.2 Å². The first kappa shape index (κ1) is 24.3. The summed E-state index contributed by atoms with van der Waals surface area (Å²) in [5, 5.41) is 17.5. The van der Waals surface area contributed by atoms with Gasteiger partial charge in [0.15, 0.2) is 0 Å². The molecular formula is C25H21ClN4O4. The number of anilines is 2. The van der Waals surface area contributed by atoms with Crippen LogP contribution in [-0.2, 0) is 20.9 Å². The van der Waals surface area contributed by atoms with Gasteiger partial charge in [-0.1, -0.05) is 17.7 Å². The standard InChI is InChI=1S/C25H21ClN4O4/c1-15-3-6-20(11-16(15)2)30-25(33)24(32)28-14-22-10-9-21(34-22)12-17(13-27)23(31)29-19-7-4-18(26)5-8-19/h3-12H,14H2,1-2H3,(H,28,32)(H,29,31)(H,30,33)/b17-12-. The Morgan fingerprint density at radius 3 is 2.26 bits per heavy atom. The van der Waals surface area contributed by atoms with Crippen LogP contribution in [0.2, 0.25) is 5.02 Å². The van der Waals surface area contributed by atoms with Crippen LogP contribution in [0.3, 0.4) is 0 Å². The predicted octanol–water partition coefficient (Wildman–Crippen LogP) is 4.35. The van der Waals surface area contributed by atoms with Crippen molar-refractivity contribution in [1.82, 2.24) is 5.32 Å². The van der Waals surface area contributed by atoms with Crippen LogP contribution >= 0.6 is 11.6 Å². The number of rotatable bonds is 6. The molecule has 0 radical (unpaired) electrons. The van der Waals surface area contributed by atoms with E-state index in [1.54, 1.807) is 48.5 Å². The minimum absolute atomic E-state index is 0.0497. The van der Waals surface area contributed by atoms with Gasteiger partial charge >= 0.3 is 11.8 Å². The number of halogens is 1. The first-order valence-electron chi connectivity index (χ1n) is 10.2. The van der Waals surface area contributed by atoms with Crippen molar-refractivity contribution >= 4 is 46.8 Å². The van der Waals surface area contributed by atoms with Gasteiger partial charge in [-0.05, 0) is 73.5 Å². The molecule has 0 saturated heterocycles. The molecule has 1 aromatic heterocycles. The van der Waals surface area contributed by atoms with Crippen molar-refractivity contribution in [2.75, 3.05) is 10.6 Å². The van der Waals surface area contributed by atoms with Crippen LogP contribution in [0.4, 0.5) is 11.4 Å². The third kappa shape index (κ3) is 6.58. The Labute approximate surface area is 201 Å². The van der Waals surface area contributed by atoms with Gasteiger partial charge in [0.05, 0.1) is 6.54 Å². The third-order valence-electron chi connectivity index (χ3n) is 4.83. The Balaban J connectivity index is 1.56. The van der Waals surface area contributed by atoms with Crippen molar-refractivity contribution < 1.29 is 18.8 Å². The number of furan rings is 1. The van der Waals surface area contributed by atoms with E-state index in [4.69, 9.17) is 16.0 Å². The average Bonchev–Trinajstić information content (AvgIpc) is 3.27. The topological polar surface area (TPSA) is 124 Å². The van der Waals surface area contributed by atoms with Crippen molar-refractivity contribution in [2.45, 2.75) is 20.4 Å². The van der Waals surface area contributed by atoms with Crippen LogP contribution in [0.25, 0.3) is 6.08 Å². The maximum atomic E-state index is 12.3. The minimum atomic E-state index is -0.827. The molecule has 0 spiro atoms. The van der Waals surface area contributed by atoms with Gasteiger partial charge in [-0.25, -0.2) is 0 Å². The zero-order valence-electron chi connectivity index (χ0n) is 18.4. The Morgan fingerprint density at radius 2 is 1.59 bits per heavy atom. The molecule has 0 atom stereocenters. The third-order valence-corrected chi connectivity index (χ3v) is 5.08. The average molecular weight is 477 g/mol. The molecule has 34 heavy (non-hydrogen) atoms. The lowest BCUT2D eigenvalue weighted by atomic mass is 10.1. The predicted molar refractivity (Wildman–Crippen MR) is 129 cm³/mol. The number of carbonyl (C=O) groups is 3. The molecule has 3 rings (SSSR count). The van der Waals surface area contributed by atoms with E-state index in [2.05, 4.69) is 16.0 Å². The number of nitriles is 1. The van der Waals surface area contributed by atoms with Gasteiger partial charge in [0.25, 0.3) is 5.91 Å². The smallest absolute Gasteiger partial charge is 0.313 e. The van der Waals surface area contributed by atoms with Crippen LogP contribution < -0.4 is 16.0 Å². The van der Waals surface area contributed by atoms with Crippen LogP contribution in [0.1, 0.15) is 22.6 Å². The van der Waals surface area contributed by atoms with E-state index in [1.165, 1.54) is 6.08 Å². The van der Waals surface area contributed by atoms with E-state index in [-0.39, 0.29) is 17.9 Å². The number of nitrogens with one attached hydrogen (secondary N) is 3. The monoisotopic (exact) mass is 476 g/mol.